The number of esters is 1. The van der Waals surface area contributed by atoms with Crippen molar-refractivity contribution in [2.45, 2.75) is 20.5 Å². The van der Waals surface area contributed by atoms with Gasteiger partial charge in [-0.3, -0.25) is 4.79 Å². The third-order valence-corrected chi connectivity index (χ3v) is 4.66. The Morgan fingerprint density at radius 3 is 2.23 bits per heavy atom. The van der Waals surface area contributed by atoms with Crippen LogP contribution in [-0.2, 0) is 16.1 Å². The van der Waals surface area contributed by atoms with Crippen LogP contribution in [0.25, 0.3) is 11.8 Å². The highest BCUT2D eigenvalue weighted by Gasteiger charge is 2.26. The molecule has 0 spiro atoms. The van der Waals surface area contributed by atoms with Crippen molar-refractivity contribution in [2.75, 3.05) is 7.11 Å². The van der Waals surface area contributed by atoms with E-state index >= 15 is 0 Å². The minimum absolute atomic E-state index is 0. The number of rotatable bonds is 5. The fourth-order valence-electron chi connectivity index (χ4n) is 3.03. The molecule has 0 unspecified atom stereocenters. The van der Waals surface area contributed by atoms with E-state index in [0.717, 1.165) is 29.4 Å². The Hall–Kier alpha value is -5.42. The molecule has 7 nitrogen and oxygen atoms in total. The molecule has 1 aliphatic heterocycles. The van der Waals surface area contributed by atoms with Crippen molar-refractivity contribution in [2.24, 2.45) is 0 Å². The number of carboxylic acids is 1. The van der Waals surface area contributed by atoms with Crippen LogP contribution in [0.4, 0.5) is 0 Å². The van der Waals surface area contributed by atoms with Crippen LogP contribution in [0.15, 0.2) is 72.8 Å². The van der Waals surface area contributed by atoms with Crippen molar-refractivity contribution in [3.05, 3.63) is 95.1 Å². The maximum absolute atomic E-state index is 12.1. The fraction of sp³-hybridized carbons (Fsp3) is 0.125. The summed E-state index contributed by atoms with van der Waals surface area (Å²) in [4.78, 5) is 21.1. The van der Waals surface area contributed by atoms with Crippen molar-refractivity contribution in [1.29, 1.82) is 0 Å². The number of terminal acetylenes is 1. The number of hydrogen-bond donors (Lipinski definition) is 2. The predicted molar refractivity (Wildman–Crippen MR) is 154 cm³/mol. The van der Waals surface area contributed by atoms with Gasteiger partial charge in [-0.25, -0.2) is 4.79 Å². The quantitative estimate of drug-likeness (QED) is 0.306. The smallest absolute Gasteiger partial charge is 0.344 e. The Morgan fingerprint density at radius 2 is 1.64 bits per heavy atom. The Balaban J connectivity index is 0.00000100. The number of methoxy groups -OCH3 is 1. The van der Waals surface area contributed by atoms with E-state index in [2.05, 4.69) is 29.6 Å². The molecule has 0 atom stereocenters. The zero-order chi connectivity index (χ0) is 27.8. The number of aliphatic carboxylic acids is 1. The van der Waals surface area contributed by atoms with E-state index < -0.39 is 5.97 Å². The first-order chi connectivity index (χ1) is 18.4. The molecule has 0 fully saturated rings. The molecule has 1 heterocycles. The summed E-state index contributed by atoms with van der Waals surface area (Å²) in [5, 5.41) is 7.42. The molecule has 39 heavy (non-hydrogen) atoms. The van der Waals surface area contributed by atoms with Gasteiger partial charge in [-0.15, -0.1) is 6.42 Å². The summed E-state index contributed by atoms with van der Waals surface area (Å²) < 4.78 is 16.4. The van der Waals surface area contributed by atoms with Crippen molar-refractivity contribution in [1.82, 2.24) is 6.15 Å². The summed E-state index contributed by atoms with van der Waals surface area (Å²) in [6.45, 7) is 3.32. The highest BCUT2D eigenvalue weighted by molar-refractivity contribution is 6.06. The third-order valence-electron chi connectivity index (χ3n) is 4.66. The summed E-state index contributed by atoms with van der Waals surface area (Å²) in [5.74, 6) is 12.8. The molecule has 3 aromatic rings. The number of fused-ring (bicyclic) bond motifs is 1. The lowest BCUT2D eigenvalue weighted by molar-refractivity contribution is -0.134. The van der Waals surface area contributed by atoms with Crippen LogP contribution in [-0.4, -0.2) is 24.2 Å². The zero-order valence-electron chi connectivity index (χ0n) is 22.0. The molecule has 1 aliphatic rings. The average molecular weight is 526 g/mol. The third kappa shape index (κ3) is 11.0. The molecule has 0 aliphatic carbocycles. The second-order valence-electron chi connectivity index (χ2n) is 7.44. The van der Waals surface area contributed by atoms with Gasteiger partial charge < -0.3 is 25.5 Å². The van der Waals surface area contributed by atoms with Crippen molar-refractivity contribution in [3.63, 3.8) is 0 Å². The van der Waals surface area contributed by atoms with Gasteiger partial charge >= 0.3 is 5.97 Å². The van der Waals surface area contributed by atoms with Gasteiger partial charge in [0.25, 0.3) is 5.97 Å². The number of carboxylic acid groups (broad SMARTS) is 1. The Bertz CT molecular complexity index is 1450. The normalized spacial score (nSPS) is 10.9. The average Bonchev–Trinajstić information content (AvgIpc) is 3.23. The molecular formula is C32H31NO6. The van der Waals surface area contributed by atoms with Gasteiger partial charge in [0.15, 0.2) is 0 Å². The molecule has 0 aromatic heterocycles. The molecule has 0 bridgehead atoms. The van der Waals surface area contributed by atoms with Gasteiger partial charge in [0.1, 0.15) is 23.9 Å². The maximum atomic E-state index is 12.1. The van der Waals surface area contributed by atoms with Gasteiger partial charge in [0.2, 0.25) is 0 Å². The van der Waals surface area contributed by atoms with E-state index in [4.69, 9.17) is 30.5 Å². The van der Waals surface area contributed by atoms with Gasteiger partial charge in [-0.05, 0) is 78.1 Å². The second-order valence-corrected chi connectivity index (χ2v) is 7.44. The van der Waals surface area contributed by atoms with E-state index in [-0.39, 0.29) is 13.5 Å². The Kier molecular flexibility index (Phi) is 13.9. The summed E-state index contributed by atoms with van der Waals surface area (Å²) in [6.07, 6.45) is 6.62. The zero-order valence-corrected chi connectivity index (χ0v) is 22.0. The first-order valence-electron chi connectivity index (χ1n) is 11.3. The molecule has 4 N–H and O–H groups in total. The van der Waals surface area contributed by atoms with Crippen LogP contribution >= 0.6 is 0 Å². The molecule has 3 aromatic carbocycles. The van der Waals surface area contributed by atoms with E-state index in [1.165, 1.54) is 0 Å². The molecule has 4 rings (SSSR count). The SMILES string of the molecule is C#CC#CC#CC.CC(=O)O.COc1ccc2c(c1)C(=O)O/C2=C\c1ccc(OCc2ccccc2)cc1.N.[HH]. The van der Waals surface area contributed by atoms with Gasteiger partial charge in [0, 0.05) is 13.9 Å². The van der Waals surface area contributed by atoms with Crippen LogP contribution < -0.4 is 15.6 Å². The summed E-state index contributed by atoms with van der Waals surface area (Å²) in [5.41, 5.74) is 3.33. The second kappa shape index (κ2) is 17.1. The summed E-state index contributed by atoms with van der Waals surface area (Å²) >= 11 is 0. The van der Waals surface area contributed by atoms with Crippen LogP contribution in [0.5, 0.6) is 11.5 Å². The Labute approximate surface area is 230 Å². The lowest BCUT2D eigenvalue weighted by Crippen LogP contribution is -1.94. The largest absolute Gasteiger partial charge is 0.497 e. The highest BCUT2D eigenvalue weighted by Crippen LogP contribution is 2.33. The molecule has 0 radical (unpaired) electrons. The number of ether oxygens (including phenoxy) is 3. The van der Waals surface area contributed by atoms with Crippen LogP contribution in [0.3, 0.4) is 0 Å². The number of carbonyl (C=O) groups excluding carboxylic acids is 1. The minimum atomic E-state index is -0.833. The van der Waals surface area contributed by atoms with Crippen molar-refractivity contribution >= 4 is 23.8 Å². The van der Waals surface area contributed by atoms with E-state index in [1.807, 2.05) is 72.8 Å². The standard InChI is InChI=1S/C23H18O4.C7H4.C2H4O2.H3N.H2/c1-25-19-11-12-20-21(14-19)23(24)27-22(20)13-16-7-9-18(10-8-16)26-15-17-5-3-2-4-6-17;1-3-5-7-6-4-2;1-2(3)4;;/h2-14H,15H2,1H3;1H,2H3;1H3,(H,3,4);1H3;1H/b22-13-;;;;. The number of cyclic esters (lactones) is 1. The van der Waals surface area contributed by atoms with Gasteiger partial charge in [-0.1, -0.05) is 48.4 Å². The molecule has 7 heteroatoms. The summed E-state index contributed by atoms with van der Waals surface area (Å²) in [7, 11) is 1.57. The van der Waals surface area contributed by atoms with Crippen LogP contribution in [0.1, 0.15) is 42.3 Å². The molecule has 200 valence electrons. The molecular weight excluding hydrogens is 494 g/mol. The van der Waals surface area contributed by atoms with Crippen molar-refractivity contribution < 1.29 is 30.3 Å². The fourth-order valence-corrected chi connectivity index (χ4v) is 3.03. The minimum Gasteiger partial charge on any atom is -0.497 e. The first kappa shape index (κ1) is 31.6. The molecule has 0 amide bonds. The predicted octanol–water partition coefficient (Wildman–Crippen LogP) is 6.09. The van der Waals surface area contributed by atoms with E-state index in [9.17, 15) is 4.79 Å². The van der Waals surface area contributed by atoms with Crippen LogP contribution in [0, 0.1) is 36.0 Å². The molecule has 0 saturated heterocycles. The monoisotopic (exact) mass is 525 g/mol. The van der Waals surface area contributed by atoms with Gasteiger partial charge in [0.05, 0.1) is 12.7 Å². The topological polar surface area (TPSA) is 117 Å². The maximum Gasteiger partial charge on any atom is 0.344 e. The lowest BCUT2D eigenvalue weighted by atomic mass is 10.1. The lowest BCUT2D eigenvalue weighted by Gasteiger charge is -2.06. The molecule has 0 saturated carbocycles. The number of hydrogen-bond acceptors (Lipinski definition) is 6. The Morgan fingerprint density at radius 1 is 1.00 bits per heavy atom. The number of carbonyl (C=O) groups is 2. The number of benzene rings is 3. The van der Waals surface area contributed by atoms with Crippen LogP contribution in [0.2, 0.25) is 0 Å². The highest BCUT2D eigenvalue weighted by atomic mass is 16.5. The first-order valence-corrected chi connectivity index (χ1v) is 11.3. The van der Waals surface area contributed by atoms with Gasteiger partial charge in [-0.2, -0.15) is 0 Å². The van der Waals surface area contributed by atoms with Crippen molar-refractivity contribution in [3.8, 4) is 47.5 Å². The van der Waals surface area contributed by atoms with E-state index in [1.54, 1.807) is 20.1 Å². The summed E-state index contributed by atoms with van der Waals surface area (Å²) in [6, 6.07) is 23.0. The van der Waals surface area contributed by atoms with E-state index in [0.29, 0.717) is 23.7 Å².